The Morgan fingerprint density at radius 3 is 2.17 bits per heavy atom. The van der Waals surface area contributed by atoms with E-state index in [4.69, 9.17) is 4.74 Å². The Hall–Kier alpha value is -0.0400. The Labute approximate surface area is 76.5 Å². The second-order valence-electron chi connectivity index (χ2n) is 5.49. The predicted octanol–water partition coefficient (Wildman–Crippen LogP) is 3.24. The fourth-order valence-corrected chi connectivity index (χ4v) is 2.00. The van der Waals surface area contributed by atoms with Gasteiger partial charge in [0.05, 0.1) is 12.2 Å². The van der Waals surface area contributed by atoms with Gasteiger partial charge in [0.1, 0.15) is 0 Å². The minimum atomic E-state index is 0.470. The van der Waals surface area contributed by atoms with E-state index in [9.17, 15) is 0 Å². The minimum absolute atomic E-state index is 0.470. The molecule has 0 bridgehead atoms. The second kappa shape index (κ2) is 3.37. The Kier molecular flexibility index (Phi) is 2.82. The largest absolute Gasteiger partial charge is 0.370 e. The zero-order valence-corrected chi connectivity index (χ0v) is 9.05. The molecule has 72 valence electrons. The SMILES string of the molecule is CC(CC1OC1C)CC(C)(C)C. The van der Waals surface area contributed by atoms with Gasteiger partial charge in [0.15, 0.2) is 0 Å². The van der Waals surface area contributed by atoms with Crippen LogP contribution in [0, 0.1) is 11.3 Å². The van der Waals surface area contributed by atoms with Gasteiger partial charge in [-0.05, 0) is 31.1 Å². The van der Waals surface area contributed by atoms with Crippen LogP contribution < -0.4 is 0 Å². The lowest BCUT2D eigenvalue weighted by atomic mass is 9.83. The molecule has 0 aromatic carbocycles. The van der Waals surface area contributed by atoms with Crippen LogP contribution in [0.2, 0.25) is 0 Å². The molecule has 1 saturated heterocycles. The van der Waals surface area contributed by atoms with Gasteiger partial charge in [-0.2, -0.15) is 0 Å². The summed E-state index contributed by atoms with van der Waals surface area (Å²) in [7, 11) is 0. The van der Waals surface area contributed by atoms with E-state index in [1.165, 1.54) is 12.8 Å². The third kappa shape index (κ3) is 3.57. The molecular formula is C11H22O. The first-order valence-corrected chi connectivity index (χ1v) is 5.04. The van der Waals surface area contributed by atoms with Crippen LogP contribution in [0.4, 0.5) is 0 Å². The molecule has 1 rings (SSSR count). The highest BCUT2D eigenvalue weighted by Gasteiger charge is 2.35. The molecule has 0 aromatic rings. The highest BCUT2D eigenvalue weighted by atomic mass is 16.6. The van der Waals surface area contributed by atoms with Gasteiger partial charge in [-0.1, -0.05) is 27.7 Å². The average Bonchev–Trinajstić information content (AvgIpc) is 2.40. The molecule has 1 aliphatic heterocycles. The predicted molar refractivity (Wildman–Crippen MR) is 52.2 cm³/mol. The van der Waals surface area contributed by atoms with Crippen LogP contribution in [-0.4, -0.2) is 12.2 Å². The van der Waals surface area contributed by atoms with Gasteiger partial charge >= 0.3 is 0 Å². The van der Waals surface area contributed by atoms with Crippen molar-refractivity contribution in [2.75, 3.05) is 0 Å². The van der Waals surface area contributed by atoms with E-state index in [2.05, 4.69) is 34.6 Å². The highest BCUT2D eigenvalue weighted by Crippen LogP contribution is 2.33. The summed E-state index contributed by atoms with van der Waals surface area (Å²) in [5.41, 5.74) is 0.470. The lowest BCUT2D eigenvalue weighted by Crippen LogP contribution is -2.12. The summed E-state index contributed by atoms with van der Waals surface area (Å²) >= 11 is 0. The second-order valence-corrected chi connectivity index (χ2v) is 5.49. The van der Waals surface area contributed by atoms with Crippen LogP contribution in [0.3, 0.4) is 0 Å². The van der Waals surface area contributed by atoms with Crippen molar-refractivity contribution in [2.24, 2.45) is 11.3 Å². The summed E-state index contributed by atoms with van der Waals surface area (Å²) in [5, 5.41) is 0. The van der Waals surface area contributed by atoms with Crippen LogP contribution in [0.1, 0.15) is 47.5 Å². The molecule has 12 heavy (non-hydrogen) atoms. The Morgan fingerprint density at radius 2 is 1.83 bits per heavy atom. The van der Waals surface area contributed by atoms with Gasteiger partial charge in [-0.15, -0.1) is 0 Å². The molecule has 0 N–H and O–H groups in total. The van der Waals surface area contributed by atoms with Crippen molar-refractivity contribution in [3.63, 3.8) is 0 Å². The smallest absolute Gasteiger partial charge is 0.0841 e. The van der Waals surface area contributed by atoms with Crippen molar-refractivity contribution in [3.8, 4) is 0 Å². The summed E-state index contributed by atoms with van der Waals surface area (Å²) in [5.74, 6) is 0.806. The first kappa shape index (κ1) is 10.0. The minimum Gasteiger partial charge on any atom is -0.370 e. The zero-order valence-electron chi connectivity index (χ0n) is 9.05. The number of hydrogen-bond donors (Lipinski definition) is 0. The first-order chi connectivity index (χ1) is 5.38. The standard InChI is InChI=1S/C11H22O/c1-8(7-11(3,4)5)6-10-9(2)12-10/h8-10H,6-7H2,1-5H3. The zero-order chi connectivity index (χ0) is 9.35. The summed E-state index contributed by atoms with van der Waals surface area (Å²) in [6.45, 7) is 11.4. The van der Waals surface area contributed by atoms with Gasteiger partial charge in [-0.25, -0.2) is 0 Å². The first-order valence-electron chi connectivity index (χ1n) is 5.04. The van der Waals surface area contributed by atoms with E-state index in [1.54, 1.807) is 0 Å². The van der Waals surface area contributed by atoms with E-state index in [1.807, 2.05) is 0 Å². The van der Waals surface area contributed by atoms with E-state index in [0.29, 0.717) is 17.6 Å². The third-order valence-electron chi connectivity index (χ3n) is 2.43. The molecule has 0 aliphatic carbocycles. The Bertz CT molecular complexity index is 146. The van der Waals surface area contributed by atoms with Crippen molar-refractivity contribution in [3.05, 3.63) is 0 Å². The van der Waals surface area contributed by atoms with E-state index in [0.717, 1.165) is 5.92 Å². The number of hydrogen-bond acceptors (Lipinski definition) is 1. The van der Waals surface area contributed by atoms with Gasteiger partial charge in [0.25, 0.3) is 0 Å². The van der Waals surface area contributed by atoms with E-state index in [-0.39, 0.29) is 0 Å². The molecule has 1 aliphatic rings. The van der Waals surface area contributed by atoms with Crippen LogP contribution in [0.5, 0.6) is 0 Å². The molecule has 0 radical (unpaired) electrons. The van der Waals surface area contributed by atoms with E-state index < -0.39 is 0 Å². The van der Waals surface area contributed by atoms with E-state index >= 15 is 0 Å². The van der Waals surface area contributed by atoms with Crippen molar-refractivity contribution in [1.29, 1.82) is 0 Å². The van der Waals surface area contributed by atoms with Crippen LogP contribution in [0.15, 0.2) is 0 Å². The van der Waals surface area contributed by atoms with Gasteiger partial charge in [0, 0.05) is 0 Å². The third-order valence-corrected chi connectivity index (χ3v) is 2.43. The molecular weight excluding hydrogens is 148 g/mol. The molecule has 0 spiro atoms. The summed E-state index contributed by atoms with van der Waals surface area (Å²) in [4.78, 5) is 0. The summed E-state index contributed by atoms with van der Waals surface area (Å²) < 4.78 is 5.40. The molecule has 3 atom stereocenters. The van der Waals surface area contributed by atoms with Gasteiger partial charge in [-0.3, -0.25) is 0 Å². The Balaban J connectivity index is 2.16. The molecule has 1 heteroatoms. The molecule has 1 fully saturated rings. The van der Waals surface area contributed by atoms with Crippen molar-refractivity contribution < 1.29 is 4.74 Å². The normalized spacial score (nSPS) is 31.8. The van der Waals surface area contributed by atoms with Crippen molar-refractivity contribution in [1.82, 2.24) is 0 Å². The molecule has 1 nitrogen and oxygen atoms in total. The maximum atomic E-state index is 5.40. The maximum absolute atomic E-state index is 5.40. The average molecular weight is 170 g/mol. The lowest BCUT2D eigenvalue weighted by molar-refractivity contribution is 0.272. The maximum Gasteiger partial charge on any atom is 0.0841 e. The number of ether oxygens (including phenoxy) is 1. The fourth-order valence-electron chi connectivity index (χ4n) is 2.00. The lowest BCUT2D eigenvalue weighted by Gasteiger charge is -2.22. The number of rotatable bonds is 3. The highest BCUT2D eigenvalue weighted by molar-refractivity contribution is 4.82. The molecule has 0 aromatic heterocycles. The molecule has 0 amide bonds. The fraction of sp³-hybridized carbons (Fsp3) is 1.00. The van der Waals surface area contributed by atoms with Crippen LogP contribution >= 0.6 is 0 Å². The van der Waals surface area contributed by atoms with Gasteiger partial charge in [0.2, 0.25) is 0 Å². The topological polar surface area (TPSA) is 12.5 Å². The summed E-state index contributed by atoms with van der Waals surface area (Å²) in [6.07, 6.45) is 3.66. The Morgan fingerprint density at radius 1 is 1.33 bits per heavy atom. The molecule has 3 unspecified atom stereocenters. The van der Waals surface area contributed by atoms with Crippen LogP contribution in [-0.2, 0) is 4.74 Å². The van der Waals surface area contributed by atoms with Crippen molar-refractivity contribution >= 4 is 0 Å². The van der Waals surface area contributed by atoms with Crippen LogP contribution in [0.25, 0.3) is 0 Å². The summed E-state index contributed by atoms with van der Waals surface area (Å²) in [6, 6.07) is 0. The monoisotopic (exact) mass is 170 g/mol. The van der Waals surface area contributed by atoms with Crippen molar-refractivity contribution in [2.45, 2.75) is 59.7 Å². The quantitative estimate of drug-likeness (QED) is 0.592. The molecule has 1 heterocycles. The van der Waals surface area contributed by atoms with Gasteiger partial charge < -0.3 is 4.74 Å². The molecule has 0 saturated carbocycles. The number of epoxide rings is 1.